The fourth-order valence-corrected chi connectivity index (χ4v) is 5.57. The number of hydrogen-bond acceptors (Lipinski definition) is 12. The zero-order valence-electron chi connectivity index (χ0n) is 23.4. The molecule has 0 aliphatic heterocycles. The van der Waals surface area contributed by atoms with Gasteiger partial charge in [0.1, 0.15) is 11.4 Å². The van der Waals surface area contributed by atoms with Crippen molar-refractivity contribution >= 4 is 79.9 Å². The van der Waals surface area contributed by atoms with Gasteiger partial charge < -0.3 is 10.6 Å². The van der Waals surface area contributed by atoms with Crippen LogP contribution in [-0.2, 0) is 9.84 Å². The van der Waals surface area contributed by atoms with Crippen LogP contribution in [0.3, 0.4) is 0 Å². The van der Waals surface area contributed by atoms with Crippen molar-refractivity contribution in [1.29, 1.82) is 0 Å². The summed E-state index contributed by atoms with van der Waals surface area (Å²) in [4.78, 5) is 59.3. The van der Waals surface area contributed by atoms with Crippen LogP contribution in [-0.4, -0.2) is 76.3 Å². The number of aromatic nitrogens is 10. The Labute approximate surface area is 270 Å². The van der Waals surface area contributed by atoms with Crippen molar-refractivity contribution in [2.45, 2.75) is 5.25 Å². The predicted octanol–water partition coefficient (Wildman–Crippen LogP) is 1.67. The minimum atomic E-state index is -4.31. The van der Waals surface area contributed by atoms with Gasteiger partial charge in [-0.3, -0.25) is 30.4 Å². The van der Waals surface area contributed by atoms with E-state index in [1.165, 1.54) is 0 Å². The summed E-state index contributed by atoms with van der Waals surface area (Å²) < 4.78 is 27.8. The second-order valence-corrected chi connectivity index (χ2v) is 12.6. The number of nitrogens with zero attached hydrogens (tertiary/aromatic N) is 8. The molecule has 20 nitrogen and oxygen atoms in total. The summed E-state index contributed by atoms with van der Waals surface area (Å²) in [6.07, 6.45) is 0.768. The van der Waals surface area contributed by atoms with Crippen molar-refractivity contribution in [3.05, 3.63) is 90.7 Å². The Morgan fingerprint density at radius 2 is 1.06 bits per heavy atom. The van der Waals surface area contributed by atoms with Crippen molar-refractivity contribution in [3.63, 3.8) is 0 Å². The number of urea groups is 2. The SMILES string of the molecule is CS(=O)(=O)C(c1nc2nnc(NC(=O)Nc3ccc(Cl)cc3)n2[nH]c1=O)c1nc2nnc(NC(=O)Nc3ccc(Cl)cc3)n2[nH]c1=O. The maximum absolute atomic E-state index is 13.2. The van der Waals surface area contributed by atoms with Gasteiger partial charge in [0.05, 0.1) is 0 Å². The highest BCUT2D eigenvalue weighted by Gasteiger charge is 2.35. The number of halogens is 2. The predicted molar refractivity (Wildman–Crippen MR) is 168 cm³/mol. The molecule has 0 bridgehead atoms. The first-order chi connectivity index (χ1) is 22.4. The van der Waals surface area contributed by atoms with Crippen LogP contribution in [0.1, 0.15) is 16.6 Å². The van der Waals surface area contributed by atoms with Crippen LogP contribution < -0.4 is 32.4 Å². The van der Waals surface area contributed by atoms with Crippen LogP contribution in [0.15, 0.2) is 58.1 Å². The van der Waals surface area contributed by atoms with Crippen molar-refractivity contribution < 1.29 is 18.0 Å². The molecule has 0 atom stereocenters. The molecule has 6 aromatic rings. The van der Waals surface area contributed by atoms with Crippen LogP contribution >= 0.6 is 23.2 Å². The third kappa shape index (κ3) is 6.56. The van der Waals surface area contributed by atoms with Crippen molar-refractivity contribution in [1.82, 2.24) is 49.6 Å². The lowest BCUT2D eigenvalue weighted by molar-refractivity contribution is 0.261. The molecule has 0 unspecified atom stereocenters. The van der Waals surface area contributed by atoms with E-state index in [-0.39, 0.29) is 23.5 Å². The molecule has 0 fully saturated rings. The van der Waals surface area contributed by atoms with E-state index in [1.54, 1.807) is 48.5 Å². The highest BCUT2D eigenvalue weighted by molar-refractivity contribution is 7.91. The first kappa shape index (κ1) is 31.1. The molecule has 0 saturated heterocycles. The van der Waals surface area contributed by atoms with Gasteiger partial charge in [0.2, 0.25) is 0 Å². The van der Waals surface area contributed by atoms with Gasteiger partial charge >= 0.3 is 12.1 Å². The zero-order valence-corrected chi connectivity index (χ0v) is 25.7. The number of hydrogen-bond donors (Lipinski definition) is 6. The third-order valence-corrected chi connectivity index (χ3v) is 8.01. The molecular formula is C24H18Cl2N14O6S. The number of carbonyl (C=O) groups is 2. The largest absolute Gasteiger partial charge is 0.326 e. The van der Waals surface area contributed by atoms with Gasteiger partial charge in [0.25, 0.3) is 34.6 Å². The van der Waals surface area contributed by atoms with Gasteiger partial charge in [0.15, 0.2) is 15.1 Å². The summed E-state index contributed by atoms with van der Waals surface area (Å²) in [5.41, 5.74) is -2.69. The fraction of sp³-hybridized carbons (Fsp3) is 0.0833. The maximum atomic E-state index is 13.2. The lowest BCUT2D eigenvalue weighted by Gasteiger charge is -2.13. The summed E-state index contributed by atoms with van der Waals surface area (Å²) in [7, 11) is -4.31. The summed E-state index contributed by atoms with van der Waals surface area (Å²) in [6, 6.07) is 10.9. The number of amides is 4. The minimum Gasteiger partial charge on any atom is -0.308 e. The Morgan fingerprint density at radius 3 is 1.43 bits per heavy atom. The molecule has 0 aliphatic carbocycles. The van der Waals surface area contributed by atoms with E-state index in [2.05, 4.69) is 61.8 Å². The Kier molecular flexibility index (Phi) is 8.01. The molecular weight excluding hydrogens is 683 g/mol. The molecule has 2 aromatic carbocycles. The normalized spacial score (nSPS) is 11.6. The monoisotopic (exact) mass is 700 g/mol. The van der Waals surface area contributed by atoms with Gasteiger partial charge in [0, 0.05) is 27.7 Å². The Bertz CT molecular complexity index is 2250. The molecule has 4 heterocycles. The van der Waals surface area contributed by atoms with Gasteiger partial charge in [-0.1, -0.05) is 23.2 Å². The topological polar surface area (TPSA) is 268 Å². The molecule has 23 heteroatoms. The van der Waals surface area contributed by atoms with Gasteiger partial charge in [-0.15, -0.1) is 20.4 Å². The number of aromatic amines is 2. The molecule has 6 N–H and O–H groups in total. The number of sulfone groups is 1. The number of anilines is 4. The number of nitrogens with one attached hydrogen (secondary N) is 6. The van der Waals surface area contributed by atoms with Crippen LogP contribution in [0.2, 0.25) is 10.0 Å². The van der Waals surface area contributed by atoms with Gasteiger partial charge in [-0.25, -0.2) is 28.0 Å². The molecule has 240 valence electrons. The average Bonchev–Trinajstić information content (AvgIpc) is 3.57. The number of benzene rings is 2. The quantitative estimate of drug-likeness (QED) is 0.139. The van der Waals surface area contributed by atoms with Gasteiger partial charge in [-0.2, -0.15) is 9.03 Å². The van der Waals surface area contributed by atoms with Gasteiger partial charge in [-0.05, 0) is 48.5 Å². The summed E-state index contributed by atoms with van der Waals surface area (Å²) >= 11 is 11.7. The average molecular weight is 701 g/mol. The third-order valence-electron chi connectivity index (χ3n) is 6.20. The zero-order chi connectivity index (χ0) is 33.5. The van der Waals surface area contributed by atoms with E-state index in [0.717, 1.165) is 15.3 Å². The van der Waals surface area contributed by atoms with Crippen LogP contribution in [0.5, 0.6) is 0 Å². The molecule has 6 rings (SSSR count). The molecule has 0 aliphatic rings. The summed E-state index contributed by atoms with van der Waals surface area (Å²) in [5, 5.41) is 28.5. The Hall–Kier alpha value is -5.93. The highest BCUT2D eigenvalue weighted by atomic mass is 35.5. The van der Waals surface area contributed by atoms with E-state index in [9.17, 15) is 27.6 Å². The van der Waals surface area contributed by atoms with E-state index < -0.39 is 49.7 Å². The molecule has 47 heavy (non-hydrogen) atoms. The molecule has 4 amide bonds. The van der Waals surface area contributed by atoms with Crippen molar-refractivity contribution in [2.75, 3.05) is 27.5 Å². The van der Waals surface area contributed by atoms with E-state index >= 15 is 0 Å². The number of H-pyrrole nitrogens is 2. The lowest BCUT2D eigenvalue weighted by Crippen LogP contribution is -2.32. The smallest absolute Gasteiger partial charge is 0.308 e. The first-order valence-corrected chi connectivity index (χ1v) is 15.6. The highest BCUT2D eigenvalue weighted by Crippen LogP contribution is 2.24. The maximum Gasteiger partial charge on any atom is 0.326 e. The molecule has 0 radical (unpaired) electrons. The van der Waals surface area contributed by atoms with Crippen LogP contribution in [0.25, 0.3) is 11.6 Å². The van der Waals surface area contributed by atoms with Crippen LogP contribution in [0.4, 0.5) is 32.9 Å². The first-order valence-electron chi connectivity index (χ1n) is 12.9. The second-order valence-electron chi connectivity index (χ2n) is 9.58. The second kappa shape index (κ2) is 12.1. The number of rotatable bonds is 7. The van der Waals surface area contributed by atoms with E-state index in [1.807, 2.05) is 0 Å². The molecule has 4 aromatic heterocycles. The minimum absolute atomic E-state index is 0.264. The standard InChI is InChI=1S/C24H18Cl2N14O6S/c1-47(45,46)16(14-17(41)37-39-19(29-14)33-35-21(39)31-23(43)27-12-6-2-10(25)3-7-12)15-18(42)38-40-20(30-15)34-36-22(40)32-24(44)28-13-8-4-11(26)5-9-13/h2-9,16H,1H3,(H,37,41)(H,38,42)(H2,27,31,35,43)(H2,28,32,36,44). The van der Waals surface area contributed by atoms with Crippen molar-refractivity contribution in [3.8, 4) is 0 Å². The lowest BCUT2D eigenvalue weighted by atomic mass is 10.2. The van der Waals surface area contributed by atoms with E-state index in [4.69, 9.17) is 23.2 Å². The molecule has 0 spiro atoms. The number of fused-ring (bicyclic) bond motifs is 2. The molecule has 0 saturated carbocycles. The van der Waals surface area contributed by atoms with Crippen LogP contribution in [0, 0.1) is 0 Å². The Balaban J connectivity index is 1.29. The van der Waals surface area contributed by atoms with Crippen molar-refractivity contribution in [2.24, 2.45) is 0 Å². The summed E-state index contributed by atoms with van der Waals surface area (Å²) in [6.45, 7) is 0. The summed E-state index contributed by atoms with van der Waals surface area (Å²) in [5.74, 6) is -1.18. The van der Waals surface area contributed by atoms with E-state index in [0.29, 0.717) is 21.4 Å². The fourth-order valence-electron chi connectivity index (χ4n) is 4.18. The Morgan fingerprint density at radius 1 is 0.681 bits per heavy atom. The number of carbonyl (C=O) groups excluding carboxylic acids is 2.